The minimum Gasteiger partial charge on any atom is -0.497 e. The fourth-order valence-corrected chi connectivity index (χ4v) is 5.74. The maximum Gasteiger partial charge on any atom is 0.264 e. The normalized spacial score (nSPS) is 12.4. The van der Waals surface area contributed by atoms with Gasteiger partial charge in [-0.1, -0.05) is 47.0 Å². The maximum atomic E-state index is 14.0. The third kappa shape index (κ3) is 8.38. The van der Waals surface area contributed by atoms with Crippen LogP contribution < -0.4 is 14.4 Å². The molecule has 0 aromatic heterocycles. The SMILES string of the molecule is COc1ccc(N(CC(=O)N(Cc2ccc(Cl)c(Cl)c2)[C@H](C)C(=O)NC(C)(C)C)S(=O)(=O)c2ccc(C)cc2)cc1. The smallest absolute Gasteiger partial charge is 0.264 e. The molecule has 0 radical (unpaired) electrons. The molecular weight excluding hydrogens is 585 g/mol. The molecule has 1 atom stereocenters. The third-order valence-electron chi connectivity index (χ3n) is 6.25. The molecule has 3 rings (SSSR count). The van der Waals surface area contributed by atoms with E-state index in [1.54, 1.807) is 61.5 Å². The van der Waals surface area contributed by atoms with Gasteiger partial charge in [-0.3, -0.25) is 13.9 Å². The number of sulfonamides is 1. The minimum atomic E-state index is -4.17. The van der Waals surface area contributed by atoms with Crippen LogP contribution in [0.3, 0.4) is 0 Å². The Balaban J connectivity index is 2.05. The average Bonchev–Trinajstić information content (AvgIpc) is 2.91. The number of aryl methyl sites for hydroxylation is 1. The molecular formula is C30H35Cl2N3O5S. The molecule has 41 heavy (non-hydrogen) atoms. The minimum absolute atomic E-state index is 0.00448. The molecule has 0 aliphatic rings. The summed E-state index contributed by atoms with van der Waals surface area (Å²) in [6, 6.07) is 16.7. The number of hydrogen-bond acceptors (Lipinski definition) is 5. The van der Waals surface area contributed by atoms with Gasteiger partial charge >= 0.3 is 0 Å². The zero-order chi connectivity index (χ0) is 30.5. The average molecular weight is 621 g/mol. The standard InChI is InChI=1S/C30H35Cl2N3O5S/c1-20-7-14-25(15-8-20)41(38,39)35(23-10-12-24(40-6)13-11-23)19-28(36)34(21(2)29(37)33-30(3,4)5)18-22-9-16-26(31)27(32)17-22/h7-17,21H,18-19H2,1-6H3,(H,33,37)/t21-/m1/s1. The lowest BCUT2D eigenvalue weighted by Crippen LogP contribution is -2.54. The summed E-state index contributed by atoms with van der Waals surface area (Å²) < 4.78 is 34.1. The lowest BCUT2D eigenvalue weighted by molar-refractivity contribution is -0.140. The largest absolute Gasteiger partial charge is 0.497 e. The van der Waals surface area contributed by atoms with E-state index in [1.807, 2.05) is 27.7 Å². The highest BCUT2D eigenvalue weighted by atomic mass is 35.5. The molecule has 1 N–H and O–H groups in total. The molecule has 3 aromatic rings. The number of carbonyl (C=O) groups is 2. The van der Waals surface area contributed by atoms with Gasteiger partial charge in [0.1, 0.15) is 18.3 Å². The van der Waals surface area contributed by atoms with Crippen molar-refractivity contribution in [2.24, 2.45) is 0 Å². The summed E-state index contributed by atoms with van der Waals surface area (Å²) in [5.74, 6) is -0.441. The number of carbonyl (C=O) groups excluding carboxylic acids is 2. The molecule has 0 saturated carbocycles. The summed E-state index contributed by atoms with van der Waals surface area (Å²) in [6.07, 6.45) is 0. The lowest BCUT2D eigenvalue weighted by atomic mass is 10.1. The first-order valence-corrected chi connectivity index (χ1v) is 15.1. The molecule has 8 nitrogen and oxygen atoms in total. The third-order valence-corrected chi connectivity index (χ3v) is 8.78. The zero-order valence-corrected chi connectivity index (χ0v) is 26.3. The summed E-state index contributed by atoms with van der Waals surface area (Å²) in [6.45, 7) is 8.40. The highest BCUT2D eigenvalue weighted by Crippen LogP contribution is 2.28. The Morgan fingerprint density at radius 3 is 2.10 bits per heavy atom. The zero-order valence-electron chi connectivity index (χ0n) is 23.9. The first kappa shape index (κ1) is 32.2. The van der Waals surface area contributed by atoms with Gasteiger partial charge in [-0.25, -0.2) is 8.42 Å². The highest BCUT2D eigenvalue weighted by Gasteiger charge is 2.33. The van der Waals surface area contributed by atoms with Crippen LogP contribution in [0.4, 0.5) is 5.69 Å². The van der Waals surface area contributed by atoms with Crippen molar-refractivity contribution in [1.82, 2.24) is 10.2 Å². The summed E-state index contributed by atoms with van der Waals surface area (Å²) in [4.78, 5) is 28.6. The van der Waals surface area contributed by atoms with Crippen LogP contribution in [-0.4, -0.2) is 50.4 Å². The predicted molar refractivity (Wildman–Crippen MR) is 163 cm³/mol. The Bertz CT molecular complexity index is 1490. The molecule has 220 valence electrons. The number of amides is 2. The Labute approximate surface area is 252 Å². The van der Waals surface area contributed by atoms with Gasteiger partial charge in [-0.15, -0.1) is 0 Å². The van der Waals surface area contributed by atoms with E-state index in [4.69, 9.17) is 27.9 Å². The van der Waals surface area contributed by atoms with Crippen molar-refractivity contribution in [3.8, 4) is 5.75 Å². The topological polar surface area (TPSA) is 96.0 Å². The number of benzene rings is 3. The number of methoxy groups -OCH3 is 1. The van der Waals surface area contributed by atoms with Gasteiger partial charge < -0.3 is 15.0 Å². The number of ether oxygens (including phenoxy) is 1. The number of rotatable bonds is 10. The Kier molecular flexibility index (Phi) is 10.3. The van der Waals surface area contributed by atoms with Crippen LogP contribution in [0.5, 0.6) is 5.75 Å². The van der Waals surface area contributed by atoms with E-state index in [0.29, 0.717) is 21.4 Å². The van der Waals surface area contributed by atoms with Crippen molar-refractivity contribution in [3.05, 3.63) is 87.9 Å². The van der Waals surface area contributed by atoms with E-state index in [2.05, 4.69) is 5.32 Å². The number of anilines is 1. The quantitative estimate of drug-likeness (QED) is 0.308. The molecule has 0 unspecified atom stereocenters. The molecule has 11 heteroatoms. The van der Waals surface area contributed by atoms with E-state index < -0.39 is 34.1 Å². The van der Waals surface area contributed by atoms with Crippen molar-refractivity contribution < 1.29 is 22.7 Å². The van der Waals surface area contributed by atoms with Crippen molar-refractivity contribution >= 4 is 50.7 Å². The second-order valence-electron chi connectivity index (χ2n) is 10.7. The van der Waals surface area contributed by atoms with E-state index >= 15 is 0 Å². The number of nitrogens with one attached hydrogen (secondary N) is 1. The van der Waals surface area contributed by atoms with Crippen molar-refractivity contribution in [2.75, 3.05) is 18.0 Å². The van der Waals surface area contributed by atoms with Gasteiger partial charge in [0.2, 0.25) is 11.8 Å². The Morgan fingerprint density at radius 1 is 0.951 bits per heavy atom. The Morgan fingerprint density at radius 2 is 1.56 bits per heavy atom. The summed E-state index contributed by atoms with van der Waals surface area (Å²) in [7, 11) is -2.67. The van der Waals surface area contributed by atoms with E-state index in [0.717, 1.165) is 9.87 Å². The van der Waals surface area contributed by atoms with Crippen LogP contribution >= 0.6 is 23.2 Å². The fraction of sp³-hybridized carbons (Fsp3) is 0.333. The van der Waals surface area contributed by atoms with Gasteiger partial charge in [0, 0.05) is 12.1 Å². The van der Waals surface area contributed by atoms with Crippen LogP contribution in [0.1, 0.15) is 38.8 Å². The number of nitrogens with zero attached hydrogens (tertiary/aromatic N) is 2. The lowest BCUT2D eigenvalue weighted by Gasteiger charge is -2.33. The predicted octanol–water partition coefficient (Wildman–Crippen LogP) is 5.84. The van der Waals surface area contributed by atoms with Crippen molar-refractivity contribution in [3.63, 3.8) is 0 Å². The molecule has 0 fully saturated rings. The fourth-order valence-electron chi connectivity index (χ4n) is 4.01. The molecule has 0 saturated heterocycles. The molecule has 2 amide bonds. The van der Waals surface area contributed by atoms with E-state index in [1.165, 1.54) is 24.1 Å². The van der Waals surface area contributed by atoms with Crippen molar-refractivity contribution in [1.29, 1.82) is 0 Å². The maximum absolute atomic E-state index is 14.0. The molecule has 0 spiro atoms. The van der Waals surface area contributed by atoms with Crippen LogP contribution in [0.25, 0.3) is 0 Å². The molecule has 0 bridgehead atoms. The second-order valence-corrected chi connectivity index (χ2v) is 13.4. The van der Waals surface area contributed by atoms with Crippen LogP contribution in [0, 0.1) is 6.92 Å². The monoisotopic (exact) mass is 619 g/mol. The second kappa shape index (κ2) is 13.1. The molecule has 0 heterocycles. The summed E-state index contributed by atoms with van der Waals surface area (Å²) in [5.41, 5.74) is 1.23. The van der Waals surface area contributed by atoms with Gasteiger partial charge in [0.05, 0.1) is 27.7 Å². The van der Waals surface area contributed by atoms with E-state index in [9.17, 15) is 18.0 Å². The van der Waals surface area contributed by atoms with Gasteiger partial charge in [0.25, 0.3) is 10.0 Å². The van der Waals surface area contributed by atoms with Crippen LogP contribution in [-0.2, 0) is 26.2 Å². The number of halogens is 2. The molecule has 0 aliphatic heterocycles. The van der Waals surface area contributed by atoms with Gasteiger partial charge in [-0.05, 0) is 88.7 Å². The number of hydrogen-bond donors (Lipinski definition) is 1. The van der Waals surface area contributed by atoms with E-state index in [-0.39, 0.29) is 23.0 Å². The summed E-state index contributed by atoms with van der Waals surface area (Å²) >= 11 is 12.3. The molecule has 0 aliphatic carbocycles. The Hall–Kier alpha value is -3.27. The highest BCUT2D eigenvalue weighted by molar-refractivity contribution is 7.92. The van der Waals surface area contributed by atoms with Crippen molar-refractivity contribution in [2.45, 2.75) is 57.6 Å². The van der Waals surface area contributed by atoms with Gasteiger partial charge in [0.15, 0.2) is 0 Å². The summed E-state index contributed by atoms with van der Waals surface area (Å²) in [5, 5.41) is 3.54. The molecule has 3 aromatic carbocycles. The van der Waals surface area contributed by atoms with Crippen LogP contribution in [0.15, 0.2) is 71.6 Å². The van der Waals surface area contributed by atoms with Gasteiger partial charge in [-0.2, -0.15) is 0 Å². The first-order chi connectivity index (χ1) is 19.1. The van der Waals surface area contributed by atoms with Crippen LogP contribution in [0.2, 0.25) is 10.0 Å². The first-order valence-electron chi connectivity index (χ1n) is 12.9.